The van der Waals surface area contributed by atoms with Crippen LogP contribution in [0.4, 0.5) is 8.78 Å². The molecule has 1 saturated carbocycles. The average Bonchev–Trinajstić information content (AvgIpc) is 2.75. The van der Waals surface area contributed by atoms with Gasteiger partial charge in [0.1, 0.15) is 11.5 Å². The maximum Gasteiger partial charge on any atom is 0.346 e. The van der Waals surface area contributed by atoms with Crippen LogP contribution in [0, 0.1) is 24.0 Å². The zero-order valence-corrected chi connectivity index (χ0v) is 16.5. The maximum absolute atomic E-state index is 14.2. The summed E-state index contributed by atoms with van der Waals surface area (Å²) in [6.45, 7) is 2.77. The Bertz CT molecular complexity index is 814. The monoisotopic (exact) mass is 403 g/mol. The molecule has 0 heterocycles. The first kappa shape index (κ1) is 21.1. The SMILES string of the molecule is CCCOc1ccc(C(=O)Oc2ccc(OCC3CC[CH]CC3)cc2)c(F)c1F. The second kappa shape index (κ2) is 10.2. The topological polar surface area (TPSA) is 44.8 Å². The summed E-state index contributed by atoms with van der Waals surface area (Å²) in [6, 6.07) is 8.89. The van der Waals surface area contributed by atoms with Crippen molar-refractivity contribution in [1.82, 2.24) is 0 Å². The molecule has 0 spiro atoms. The largest absolute Gasteiger partial charge is 0.493 e. The molecule has 0 aliphatic heterocycles. The molecular weight excluding hydrogens is 378 g/mol. The lowest BCUT2D eigenvalue weighted by Crippen LogP contribution is -2.15. The molecule has 155 valence electrons. The molecule has 29 heavy (non-hydrogen) atoms. The fourth-order valence-electron chi connectivity index (χ4n) is 3.16. The van der Waals surface area contributed by atoms with Gasteiger partial charge in [-0.15, -0.1) is 0 Å². The molecule has 2 aromatic carbocycles. The molecule has 0 aromatic heterocycles. The molecule has 0 bridgehead atoms. The summed E-state index contributed by atoms with van der Waals surface area (Å²) in [6.07, 6.45) is 7.50. The lowest BCUT2D eigenvalue weighted by molar-refractivity contribution is 0.0728. The van der Waals surface area contributed by atoms with Crippen molar-refractivity contribution in [2.24, 2.45) is 5.92 Å². The number of ether oxygens (including phenoxy) is 3. The minimum absolute atomic E-state index is 0.223. The summed E-state index contributed by atoms with van der Waals surface area (Å²) in [5.74, 6) is -2.23. The Labute approximate surface area is 169 Å². The van der Waals surface area contributed by atoms with E-state index in [1.807, 2.05) is 6.92 Å². The summed E-state index contributed by atoms with van der Waals surface area (Å²) in [7, 11) is 0. The van der Waals surface area contributed by atoms with Crippen LogP contribution < -0.4 is 14.2 Å². The molecule has 0 amide bonds. The van der Waals surface area contributed by atoms with Crippen LogP contribution in [0.15, 0.2) is 36.4 Å². The molecule has 1 aliphatic carbocycles. The molecule has 2 aromatic rings. The number of benzene rings is 2. The van der Waals surface area contributed by atoms with Crippen molar-refractivity contribution >= 4 is 5.97 Å². The van der Waals surface area contributed by atoms with Gasteiger partial charge in [-0.1, -0.05) is 6.92 Å². The molecule has 0 unspecified atom stereocenters. The van der Waals surface area contributed by atoms with E-state index in [4.69, 9.17) is 14.2 Å². The van der Waals surface area contributed by atoms with Crippen molar-refractivity contribution in [3.63, 3.8) is 0 Å². The van der Waals surface area contributed by atoms with Crippen molar-refractivity contribution in [3.8, 4) is 17.2 Å². The molecule has 0 N–H and O–H groups in total. The Morgan fingerprint density at radius 2 is 1.66 bits per heavy atom. The van der Waals surface area contributed by atoms with Gasteiger partial charge in [-0.25, -0.2) is 9.18 Å². The first-order chi connectivity index (χ1) is 14.1. The Balaban J connectivity index is 1.58. The minimum atomic E-state index is -1.28. The number of rotatable bonds is 8. The molecule has 1 radical (unpaired) electrons. The normalized spacial score (nSPS) is 14.4. The zero-order valence-electron chi connectivity index (χ0n) is 16.5. The van der Waals surface area contributed by atoms with Gasteiger partial charge in [0.05, 0.1) is 18.8 Å². The van der Waals surface area contributed by atoms with Gasteiger partial charge in [-0.2, -0.15) is 4.39 Å². The Kier molecular flexibility index (Phi) is 7.44. The van der Waals surface area contributed by atoms with Crippen molar-refractivity contribution in [1.29, 1.82) is 0 Å². The first-order valence-corrected chi connectivity index (χ1v) is 9.96. The van der Waals surface area contributed by atoms with Crippen LogP contribution in [0.25, 0.3) is 0 Å². The molecule has 1 aliphatic rings. The van der Waals surface area contributed by atoms with Gasteiger partial charge in [-0.05, 0) is 80.8 Å². The van der Waals surface area contributed by atoms with Crippen LogP contribution in [0.5, 0.6) is 17.2 Å². The van der Waals surface area contributed by atoms with Crippen LogP contribution in [0.2, 0.25) is 0 Å². The van der Waals surface area contributed by atoms with Crippen LogP contribution in [0.3, 0.4) is 0 Å². The van der Waals surface area contributed by atoms with Gasteiger partial charge in [0.15, 0.2) is 11.6 Å². The third-order valence-electron chi connectivity index (χ3n) is 4.81. The van der Waals surface area contributed by atoms with Crippen LogP contribution in [-0.2, 0) is 0 Å². The third kappa shape index (κ3) is 5.68. The molecular formula is C23H25F2O4. The van der Waals surface area contributed by atoms with Gasteiger partial charge in [0.2, 0.25) is 5.82 Å². The van der Waals surface area contributed by atoms with E-state index in [0.717, 1.165) is 31.7 Å². The number of esters is 1. The molecule has 6 heteroatoms. The lowest BCUT2D eigenvalue weighted by Gasteiger charge is -2.21. The minimum Gasteiger partial charge on any atom is -0.493 e. The standard InChI is InChI=1S/C23H25F2O4/c1-2-14-27-20-13-12-19(21(24)22(20)25)23(26)29-18-10-8-17(9-11-18)28-15-16-6-4-3-5-7-16/h3,8-13,16H,2,4-7,14-15H2,1H3. The maximum atomic E-state index is 14.2. The molecule has 4 nitrogen and oxygen atoms in total. The summed E-state index contributed by atoms with van der Waals surface area (Å²) in [5, 5.41) is 0. The summed E-state index contributed by atoms with van der Waals surface area (Å²) < 4.78 is 44.3. The van der Waals surface area contributed by atoms with Gasteiger partial charge in [0.25, 0.3) is 0 Å². The van der Waals surface area contributed by atoms with Crippen molar-refractivity contribution in [3.05, 3.63) is 60.0 Å². The summed E-state index contributed by atoms with van der Waals surface area (Å²) >= 11 is 0. The highest BCUT2D eigenvalue weighted by Gasteiger charge is 2.21. The first-order valence-electron chi connectivity index (χ1n) is 9.96. The van der Waals surface area contributed by atoms with E-state index in [9.17, 15) is 13.6 Å². The highest BCUT2D eigenvalue weighted by atomic mass is 19.2. The second-order valence-electron chi connectivity index (χ2n) is 7.07. The number of carbonyl (C=O) groups excluding carboxylic acids is 1. The Morgan fingerprint density at radius 3 is 2.34 bits per heavy atom. The third-order valence-corrected chi connectivity index (χ3v) is 4.81. The average molecular weight is 403 g/mol. The second-order valence-corrected chi connectivity index (χ2v) is 7.07. The predicted octanol–water partition coefficient (Wildman–Crippen LogP) is 5.75. The Morgan fingerprint density at radius 1 is 0.966 bits per heavy atom. The smallest absolute Gasteiger partial charge is 0.346 e. The number of hydrogen-bond acceptors (Lipinski definition) is 4. The van der Waals surface area contributed by atoms with E-state index in [1.165, 1.54) is 6.07 Å². The molecule has 0 saturated heterocycles. The van der Waals surface area contributed by atoms with E-state index in [0.29, 0.717) is 24.7 Å². The van der Waals surface area contributed by atoms with E-state index in [1.54, 1.807) is 24.3 Å². The van der Waals surface area contributed by atoms with E-state index in [-0.39, 0.29) is 18.1 Å². The summed E-state index contributed by atoms with van der Waals surface area (Å²) in [5.41, 5.74) is -0.485. The zero-order chi connectivity index (χ0) is 20.6. The number of hydrogen-bond donors (Lipinski definition) is 0. The fourth-order valence-corrected chi connectivity index (χ4v) is 3.16. The Hall–Kier alpha value is -2.63. The number of halogens is 2. The van der Waals surface area contributed by atoms with Gasteiger partial charge >= 0.3 is 5.97 Å². The van der Waals surface area contributed by atoms with Gasteiger partial charge < -0.3 is 14.2 Å². The summed E-state index contributed by atoms with van der Waals surface area (Å²) in [4.78, 5) is 12.2. The highest BCUT2D eigenvalue weighted by Crippen LogP contribution is 2.26. The van der Waals surface area contributed by atoms with E-state index >= 15 is 0 Å². The van der Waals surface area contributed by atoms with E-state index in [2.05, 4.69) is 6.42 Å². The van der Waals surface area contributed by atoms with Gasteiger partial charge in [0, 0.05) is 0 Å². The molecule has 3 rings (SSSR count). The molecule has 1 fully saturated rings. The van der Waals surface area contributed by atoms with Crippen molar-refractivity contribution in [2.75, 3.05) is 13.2 Å². The highest BCUT2D eigenvalue weighted by molar-refractivity contribution is 5.91. The quantitative estimate of drug-likeness (QED) is 0.416. The van der Waals surface area contributed by atoms with E-state index < -0.39 is 23.2 Å². The fraction of sp³-hybridized carbons (Fsp3) is 0.391. The van der Waals surface area contributed by atoms with Crippen molar-refractivity contribution in [2.45, 2.75) is 39.0 Å². The van der Waals surface area contributed by atoms with Gasteiger partial charge in [-0.3, -0.25) is 0 Å². The number of carbonyl (C=O) groups is 1. The predicted molar refractivity (Wildman–Crippen MR) is 105 cm³/mol. The van der Waals surface area contributed by atoms with Crippen LogP contribution >= 0.6 is 0 Å². The van der Waals surface area contributed by atoms with Crippen molar-refractivity contribution < 1.29 is 27.8 Å². The van der Waals surface area contributed by atoms with Crippen LogP contribution in [0.1, 0.15) is 49.4 Å². The van der Waals surface area contributed by atoms with Crippen LogP contribution in [-0.4, -0.2) is 19.2 Å². The molecule has 0 atom stereocenters. The lowest BCUT2D eigenvalue weighted by atomic mass is 9.90.